The van der Waals surface area contributed by atoms with Crippen molar-refractivity contribution in [3.63, 3.8) is 0 Å². The van der Waals surface area contributed by atoms with Gasteiger partial charge in [-0.2, -0.15) is 0 Å². The Morgan fingerprint density at radius 2 is 1.91 bits per heavy atom. The summed E-state index contributed by atoms with van der Waals surface area (Å²) in [7, 11) is 4.23. The maximum atomic E-state index is 4.02. The van der Waals surface area contributed by atoms with Crippen LogP contribution < -0.4 is 0 Å². The van der Waals surface area contributed by atoms with Crippen LogP contribution >= 0.6 is 0 Å². The van der Waals surface area contributed by atoms with Crippen LogP contribution in [0.2, 0.25) is 0 Å². The molecule has 0 unspecified atom stereocenters. The Hall–Kier alpha value is -0.300. The number of nitrogens with zero attached hydrogens (tertiary/aromatic N) is 1. The lowest BCUT2D eigenvalue weighted by Gasteiger charge is -2.09. The minimum absolute atomic E-state index is 1.18. The van der Waals surface area contributed by atoms with Gasteiger partial charge in [-0.15, -0.1) is 0 Å². The van der Waals surface area contributed by atoms with Gasteiger partial charge in [-0.3, -0.25) is 0 Å². The Morgan fingerprint density at radius 3 is 2.36 bits per heavy atom. The Labute approximate surface area is 71.1 Å². The van der Waals surface area contributed by atoms with Crippen LogP contribution in [0.25, 0.3) is 0 Å². The first-order chi connectivity index (χ1) is 5.16. The lowest BCUT2D eigenvalue weighted by Crippen LogP contribution is -2.12. The Bertz CT molecular complexity index is 105. The third-order valence-electron chi connectivity index (χ3n) is 1.74. The highest BCUT2D eigenvalue weighted by Gasteiger charge is 1.94. The average Bonchev–Trinajstić information content (AvgIpc) is 1.87. The van der Waals surface area contributed by atoms with Gasteiger partial charge in [-0.05, 0) is 39.9 Å². The topological polar surface area (TPSA) is 3.24 Å². The van der Waals surface area contributed by atoms with E-state index in [1.165, 1.54) is 37.8 Å². The summed E-state index contributed by atoms with van der Waals surface area (Å²) >= 11 is 0. The average molecular weight is 155 g/mol. The van der Waals surface area contributed by atoms with Gasteiger partial charge in [-0.25, -0.2) is 0 Å². The van der Waals surface area contributed by atoms with Crippen molar-refractivity contribution in [1.29, 1.82) is 0 Å². The van der Waals surface area contributed by atoms with Crippen molar-refractivity contribution in [3.8, 4) is 0 Å². The fourth-order valence-electron chi connectivity index (χ4n) is 1.12. The molecule has 11 heavy (non-hydrogen) atoms. The second-order valence-corrected chi connectivity index (χ2v) is 3.41. The fraction of sp³-hybridized carbons (Fsp3) is 0.800. The van der Waals surface area contributed by atoms with E-state index >= 15 is 0 Å². The van der Waals surface area contributed by atoms with Gasteiger partial charge >= 0.3 is 0 Å². The van der Waals surface area contributed by atoms with Gasteiger partial charge < -0.3 is 4.90 Å². The molecular formula is C10H21N. The second kappa shape index (κ2) is 6.41. The smallest absolute Gasteiger partial charge is 0.00218 e. The molecule has 0 amide bonds. The molecule has 1 nitrogen and oxygen atoms in total. The monoisotopic (exact) mass is 155 g/mol. The van der Waals surface area contributed by atoms with Crippen molar-refractivity contribution in [2.75, 3.05) is 20.6 Å². The molecule has 0 N–H and O–H groups in total. The Morgan fingerprint density at radius 1 is 1.27 bits per heavy atom. The summed E-state index contributed by atoms with van der Waals surface area (Å²) in [6.07, 6.45) is 4.89. The minimum atomic E-state index is 1.18. The van der Waals surface area contributed by atoms with E-state index in [9.17, 15) is 0 Å². The van der Waals surface area contributed by atoms with Crippen molar-refractivity contribution >= 4 is 0 Å². The molecule has 0 aliphatic carbocycles. The molecule has 0 saturated carbocycles. The third kappa shape index (κ3) is 7.60. The molecule has 0 atom stereocenters. The third-order valence-corrected chi connectivity index (χ3v) is 1.74. The van der Waals surface area contributed by atoms with Gasteiger partial charge in [0, 0.05) is 0 Å². The van der Waals surface area contributed by atoms with E-state index in [4.69, 9.17) is 0 Å². The lowest BCUT2D eigenvalue weighted by atomic mass is 10.1. The molecule has 0 aliphatic heterocycles. The molecule has 0 aromatic rings. The number of allylic oxidation sites excluding steroid dienone is 1. The van der Waals surface area contributed by atoms with E-state index in [0.717, 1.165) is 0 Å². The minimum Gasteiger partial charge on any atom is -0.309 e. The summed E-state index contributed by atoms with van der Waals surface area (Å²) < 4.78 is 0. The molecule has 1 heteroatoms. The van der Waals surface area contributed by atoms with Crippen LogP contribution in [0.15, 0.2) is 12.2 Å². The summed E-state index contributed by atoms with van der Waals surface area (Å²) in [6, 6.07) is 0. The highest BCUT2D eigenvalue weighted by atomic mass is 15.0. The van der Waals surface area contributed by atoms with Crippen molar-refractivity contribution in [2.45, 2.75) is 32.6 Å². The Kier molecular flexibility index (Phi) is 6.24. The Balaban J connectivity index is 3.17. The van der Waals surface area contributed by atoms with Crippen LogP contribution in [0, 0.1) is 0 Å². The standard InChI is InChI=1S/C10H21N/c1-5-7-10(2)8-6-9-11(3)4/h2,5-9H2,1,3-4H3. The van der Waals surface area contributed by atoms with Crippen molar-refractivity contribution in [2.24, 2.45) is 0 Å². The summed E-state index contributed by atoms with van der Waals surface area (Å²) in [5.41, 5.74) is 1.41. The molecule has 0 radical (unpaired) electrons. The zero-order chi connectivity index (χ0) is 8.69. The molecule has 0 fully saturated rings. The molecular weight excluding hydrogens is 134 g/mol. The molecule has 0 aromatic heterocycles. The highest BCUT2D eigenvalue weighted by molar-refractivity contribution is 4.93. The summed E-state index contributed by atoms with van der Waals surface area (Å²) in [5, 5.41) is 0. The molecule has 0 aromatic carbocycles. The zero-order valence-corrected chi connectivity index (χ0v) is 8.19. The first-order valence-corrected chi connectivity index (χ1v) is 4.48. The molecule has 0 aliphatic rings. The van der Waals surface area contributed by atoms with Crippen LogP contribution in [-0.2, 0) is 0 Å². The van der Waals surface area contributed by atoms with E-state index < -0.39 is 0 Å². The van der Waals surface area contributed by atoms with Gasteiger partial charge in [0.25, 0.3) is 0 Å². The quantitative estimate of drug-likeness (QED) is 0.533. The van der Waals surface area contributed by atoms with Gasteiger partial charge in [-0.1, -0.05) is 25.5 Å². The molecule has 0 heterocycles. The first kappa shape index (κ1) is 10.7. The van der Waals surface area contributed by atoms with E-state index in [0.29, 0.717) is 0 Å². The van der Waals surface area contributed by atoms with Crippen molar-refractivity contribution in [3.05, 3.63) is 12.2 Å². The van der Waals surface area contributed by atoms with E-state index in [1.54, 1.807) is 0 Å². The van der Waals surface area contributed by atoms with E-state index in [-0.39, 0.29) is 0 Å². The summed E-state index contributed by atoms with van der Waals surface area (Å²) in [6.45, 7) is 7.41. The maximum absolute atomic E-state index is 4.02. The van der Waals surface area contributed by atoms with Gasteiger partial charge in [0.1, 0.15) is 0 Å². The number of rotatable bonds is 6. The first-order valence-electron chi connectivity index (χ1n) is 4.48. The van der Waals surface area contributed by atoms with Gasteiger partial charge in [0.15, 0.2) is 0 Å². The molecule has 0 spiro atoms. The van der Waals surface area contributed by atoms with Crippen LogP contribution in [0.4, 0.5) is 0 Å². The zero-order valence-electron chi connectivity index (χ0n) is 8.19. The van der Waals surface area contributed by atoms with Gasteiger partial charge in [0.2, 0.25) is 0 Å². The highest BCUT2D eigenvalue weighted by Crippen LogP contribution is 2.08. The van der Waals surface area contributed by atoms with Crippen molar-refractivity contribution in [1.82, 2.24) is 4.90 Å². The van der Waals surface area contributed by atoms with Crippen molar-refractivity contribution < 1.29 is 0 Å². The van der Waals surface area contributed by atoms with Crippen LogP contribution in [-0.4, -0.2) is 25.5 Å². The second-order valence-electron chi connectivity index (χ2n) is 3.41. The predicted octanol–water partition coefficient (Wildman–Crippen LogP) is 2.68. The normalized spacial score (nSPS) is 10.5. The SMILES string of the molecule is C=C(CCC)CCCN(C)C. The van der Waals surface area contributed by atoms with Gasteiger partial charge in [0.05, 0.1) is 0 Å². The molecule has 0 rings (SSSR count). The van der Waals surface area contributed by atoms with E-state index in [2.05, 4.69) is 32.5 Å². The van der Waals surface area contributed by atoms with Crippen LogP contribution in [0.1, 0.15) is 32.6 Å². The number of hydrogen-bond acceptors (Lipinski definition) is 1. The molecule has 66 valence electrons. The predicted molar refractivity (Wildman–Crippen MR) is 51.8 cm³/mol. The maximum Gasteiger partial charge on any atom is -0.00218 e. The van der Waals surface area contributed by atoms with Crippen LogP contribution in [0.5, 0.6) is 0 Å². The lowest BCUT2D eigenvalue weighted by molar-refractivity contribution is 0.399. The molecule has 0 saturated heterocycles. The van der Waals surface area contributed by atoms with Crippen LogP contribution in [0.3, 0.4) is 0 Å². The van der Waals surface area contributed by atoms with E-state index in [1.807, 2.05) is 0 Å². The largest absolute Gasteiger partial charge is 0.309 e. The summed E-state index contributed by atoms with van der Waals surface area (Å²) in [5.74, 6) is 0. The fourth-order valence-corrected chi connectivity index (χ4v) is 1.12. The molecule has 0 bridgehead atoms. The summed E-state index contributed by atoms with van der Waals surface area (Å²) in [4.78, 5) is 2.22. The number of hydrogen-bond donors (Lipinski definition) is 0.